The number of amides is 1. The molecule has 0 saturated heterocycles. The summed E-state index contributed by atoms with van der Waals surface area (Å²) in [5.41, 5.74) is 0. The first-order valence-electron chi connectivity index (χ1n) is 28.4. The quantitative estimate of drug-likeness (QED) is 0.0321. The lowest BCUT2D eigenvalue weighted by atomic mass is 10.1. The molecule has 3 N–H and O–H groups in total. The minimum Gasteiger partial charge on any atom is -0.466 e. The number of hydrogen-bond acceptors (Lipinski definition) is 5. The van der Waals surface area contributed by atoms with Crippen LogP contribution in [-0.4, -0.2) is 47.4 Å². The lowest BCUT2D eigenvalue weighted by Crippen LogP contribution is -2.45. The smallest absolute Gasteiger partial charge is 0.305 e. The minimum absolute atomic E-state index is 0.00138. The summed E-state index contributed by atoms with van der Waals surface area (Å²) in [7, 11) is 0. The summed E-state index contributed by atoms with van der Waals surface area (Å²) < 4.78 is 5.48. The number of ether oxygens (including phenoxy) is 1. The first-order valence-corrected chi connectivity index (χ1v) is 28.4. The third-order valence-electron chi connectivity index (χ3n) is 12.8. The van der Waals surface area contributed by atoms with Crippen LogP contribution >= 0.6 is 0 Å². The number of rotatable bonds is 52. The van der Waals surface area contributed by atoms with Crippen LogP contribution in [0.25, 0.3) is 0 Å². The Balaban J connectivity index is 3.43. The van der Waals surface area contributed by atoms with Crippen LogP contribution in [0.2, 0.25) is 0 Å². The second kappa shape index (κ2) is 54.4. The number of nitrogens with one attached hydrogen (secondary N) is 1. The van der Waals surface area contributed by atoms with Crippen LogP contribution in [0.4, 0.5) is 0 Å². The van der Waals surface area contributed by atoms with Crippen molar-refractivity contribution < 1.29 is 24.5 Å². The van der Waals surface area contributed by atoms with Crippen molar-refractivity contribution >= 4 is 11.9 Å². The molecule has 65 heavy (non-hydrogen) atoms. The fourth-order valence-electron chi connectivity index (χ4n) is 8.42. The first kappa shape index (κ1) is 62.8. The van der Waals surface area contributed by atoms with Crippen molar-refractivity contribution in [1.29, 1.82) is 0 Å². The van der Waals surface area contributed by atoms with Gasteiger partial charge in [0.15, 0.2) is 0 Å². The average Bonchev–Trinajstić information content (AvgIpc) is 3.31. The maximum atomic E-state index is 12.4. The van der Waals surface area contributed by atoms with E-state index in [1.165, 1.54) is 205 Å². The number of allylic oxidation sites excluding steroid dienone is 7. The van der Waals surface area contributed by atoms with Gasteiger partial charge in [-0.1, -0.05) is 236 Å². The van der Waals surface area contributed by atoms with Crippen molar-refractivity contribution in [3.63, 3.8) is 0 Å². The standard InChI is InChI=1S/C59H109NO5/c1-3-5-7-9-11-13-15-16-17-18-20-24-27-30-33-37-41-45-49-53-59(64)65-54-50-46-42-38-34-31-28-25-22-19-21-23-26-29-32-36-40-44-48-52-58(63)60-56(55-61)57(62)51-47-43-39-35-14-12-10-8-6-4-2/h11,13,16-17,19,21,47,51,56-57,61-62H,3-10,12,14-15,18,20,22-46,48-50,52-55H2,1-2H3,(H,60,63)/b13-11-,17-16-,21-19-,51-47+. The highest BCUT2D eigenvalue weighted by atomic mass is 16.5. The van der Waals surface area contributed by atoms with Gasteiger partial charge in [-0.3, -0.25) is 9.59 Å². The molecule has 380 valence electrons. The molecule has 0 aromatic carbocycles. The van der Waals surface area contributed by atoms with E-state index in [1.54, 1.807) is 6.08 Å². The van der Waals surface area contributed by atoms with Crippen LogP contribution in [0.1, 0.15) is 290 Å². The summed E-state index contributed by atoms with van der Waals surface area (Å²) in [5, 5.41) is 23.0. The molecule has 0 radical (unpaired) electrons. The van der Waals surface area contributed by atoms with E-state index in [0.717, 1.165) is 57.8 Å². The van der Waals surface area contributed by atoms with Crippen molar-refractivity contribution in [2.45, 2.75) is 302 Å². The van der Waals surface area contributed by atoms with E-state index in [4.69, 9.17) is 4.74 Å². The molecule has 1 amide bonds. The number of unbranched alkanes of at least 4 members (excludes halogenated alkanes) is 35. The number of hydrogen-bond donors (Lipinski definition) is 3. The molecule has 0 rings (SSSR count). The molecule has 0 heterocycles. The highest BCUT2D eigenvalue weighted by Gasteiger charge is 2.18. The van der Waals surface area contributed by atoms with Gasteiger partial charge in [-0.15, -0.1) is 0 Å². The average molecular weight is 913 g/mol. The van der Waals surface area contributed by atoms with E-state index >= 15 is 0 Å². The minimum atomic E-state index is -0.849. The molecule has 2 unspecified atom stereocenters. The Bertz CT molecular complexity index is 1100. The topological polar surface area (TPSA) is 95.9 Å². The molecular weight excluding hydrogens is 803 g/mol. The summed E-state index contributed by atoms with van der Waals surface area (Å²) in [6.07, 6.45) is 68.5. The molecule has 0 saturated carbocycles. The molecule has 0 aromatic rings. The van der Waals surface area contributed by atoms with Gasteiger partial charge in [-0.05, 0) is 89.9 Å². The number of aliphatic hydroxyl groups is 2. The Morgan fingerprint density at radius 3 is 1.22 bits per heavy atom. The molecule has 0 aliphatic carbocycles. The van der Waals surface area contributed by atoms with Gasteiger partial charge in [-0.25, -0.2) is 0 Å². The Labute approximate surface area is 404 Å². The molecule has 0 spiro atoms. The zero-order chi connectivity index (χ0) is 47.2. The number of carbonyl (C=O) groups excluding carboxylic acids is 2. The Hall–Kier alpha value is -2.18. The van der Waals surface area contributed by atoms with Crippen molar-refractivity contribution in [2.24, 2.45) is 0 Å². The summed E-state index contributed by atoms with van der Waals surface area (Å²) in [5.74, 6) is -0.0818. The number of esters is 1. The van der Waals surface area contributed by atoms with Crippen LogP contribution < -0.4 is 5.32 Å². The van der Waals surface area contributed by atoms with Gasteiger partial charge in [0.1, 0.15) is 0 Å². The summed E-state index contributed by atoms with van der Waals surface area (Å²) in [6.45, 7) is 4.84. The monoisotopic (exact) mass is 912 g/mol. The maximum absolute atomic E-state index is 12.4. The van der Waals surface area contributed by atoms with Gasteiger partial charge in [-0.2, -0.15) is 0 Å². The second-order valence-corrected chi connectivity index (χ2v) is 19.3. The molecule has 0 fully saturated rings. The van der Waals surface area contributed by atoms with Crippen LogP contribution in [-0.2, 0) is 14.3 Å². The van der Waals surface area contributed by atoms with E-state index in [2.05, 4.69) is 55.6 Å². The lowest BCUT2D eigenvalue weighted by molar-refractivity contribution is -0.143. The molecule has 0 aliphatic rings. The van der Waals surface area contributed by atoms with E-state index in [0.29, 0.717) is 19.4 Å². The van der Waals surface area contributed by atoms with E-state index < -0.39 is 12.1 Å². The van der Waals surface area contributed by atoms with Crippen LogP contribution in [0.3, 0.4) is 0 Å². The van der Waals surface area contributed by atoms with Gasteiger partial charge >= 0.3 is 5.97 Å². The molecule has 6 nitrogen and oxygen atoms in total. The SMILES string of the molecule is CCCCC/C=C\C/C=C\CCCCCCCCCCCC(=O)OCCCCCCCCCC/C=C\CCCCCCCCCC(=O)NC(CO)C(O)/C=C/CCCCCCCCCC. The third kappa shape index (κ3) is 51.1. The zero-order valence-corrected chi connectivity index (χ0v) is 43.2. The van der Waals surface area contributed by atoms with Crippen molar-refractivity contribution in [3.8, 4) is 0 Å². The summed E-state index contributed by atoms with van der Waals surface area (Å²) in [6, 6.07) is -0.634. The molecule has 2 atom stereocenters. The fourth-order valence-corrected chi connectivity index (χ4v) is 8.42. The molecule has 0 aromatic heterocycles. The van der Waals surface area contributed by atoms with Gasteiger partial charge in [0, 0.05) is 12.8 Å². The van der Waals surface area contributed by atoms with E-state index in [1.807, 2.05) is 6.08 Å². The lowest BCUT2D eigenvalue weighted by Gasteiger charge is -2.20. The Morgan fingerprint density at radius 1 is 0.431 bits per heavy atom. The van der Waals surface area contributed by atoms with Crippen LogP contribution in [0.5, 0.6) is 0 Å². The summed E-state index contributed by atoms with van der Waals surface area (Å²) >= 11 is 0. The van der Waals surface area contributed by atoms with Crippen LogP contribution in [0, 0.1) is 0 Å². The van der Waals surface area contributed by atoms with Crippen molar-refractivity contribution in [2.75, 3.05) is 13.2 Å². The zero-order valence-electron chi connectivity index (χ0n) is 43.2. The van der Waals surface area contributed by atoms with E-state index in [-0.39, 0.29) is 18.5 Å². The molecule has 6 heteroatoms. The van der Waals surface area contributed by atoms with E-state index in [9.17, 15) is 19.8 Å². The highest BCUT2D eigenvalue weighted by molar-refractivity contribution is 5.76. The molecular formula is C59H109NO5. The normalized spacial score (nSPS) is 13.0. The number of carbonyl (C=O) groups is 2. The first-order chi connectivity index (χ1) is 32.0. The number of aliphatic hydroxyl groups excluding tert-OH is 2. The molecule has 0 bridgehead atoms. The van der Waals surface area contributed by atoms with Crippen molar-refractivity contribution in [3.05, 3.63) is 48.6 Å². The van der Waals surface area contributed by atoms with Gasteiger partial charge in [0.25, 0.3) is 0 Å². The largest absolute Gasteiger partial charge is 0.466 e. The fraction of sp³-hybridized carbons (Fsp3) is 0.831. The highest BCUT2D eigenvalue weighted by Crippen LogP contribution is 2.15. The van der Waals surface area contributed by atoms with Gasteiger partial charge < -0.3 is 20.3 Å². The predicted molar refractivity (Wildman–Crippen MR) is 282 cm³/mol. The van der Waals surface area contributed by atoms with Crippen molar-refractivity contribution in [1.82, 2.24) is 5.32 Å². The molecule has 0 aliphatic heterocycles. The van der Waals surface area contributed by atoms with Gasteiger partial charge in [0.2, 0.25) is 5.91 Å². The summed E-state index contributed by atoms with van der Waals surface area (Å²) in [4.78, 5) is 24.5. The maximum Gasteiger partial charge on any atom is 0.305 e. The van der Waals surface area contributed by atoms with Gasteiger partial charge in [0.05, 0.1) is 25.4 Å². The Morgan fingerprint density at radius 2 is 0.769 bits per heavy atom. The Kier molecular flexibility index (Phi) is 52.6. The second-order valence-electron chi connectivity index (χ2n) is 19.3. The predicted octanol–water partition coefficient (Wildman–Crippen LogP) is 17.4. The third-order valence-corrected chi connectivity index (χ3v) is 12.8. The van der Waals surface area contributed by atoms with Crippen LogP contribution in [0.15, 0.2) is 48.6 Å².